The zero-order chi connectivity index (χ0) is 23.1. The van der Waals surface area contributed by atoms with Crippen LogP contribution in [0.3, 0.4) is 0 Å². The molecule has 3 saturated heterocycles. The van der Waals surface area contributed by atoms with Gasteiger partial charge in [0.15, 0.2) is 5.60 Å². The number of carbonyl (C=O) groups excluding carboxylic acids is 2. The average Bonchev–Trinajstić information content (AvgIpc) is 3.66. The van der Waals surface area contributed by atoms with Crippen LogP contribution in [0.2, 0.25) is 0 Å². The lowest BCUT2D eigenvalue weighted by atomic mass is 9.75. The molecule has 3 N–H and O–H groups in total. The first-order valence-electron chi connectivity index (χ1n) is 11.8. The zero-order valence-electron chi connectivity index (χ0n) is 19.1. The van der Waals surface area contributed by atoms with E-state index in [0.717, 1.165) is 12.0 Å². The maximum atomic E-state index is 12.5. The number of amides is 1. The second kappa shape index (κ2) is 8.89. The smallest absolute Gasteiger partial charge is 0.329 e. The van der Waals surface area contributed by atoms with Crippen LogP contribution in [-0.4, -0.2) is 70.4 Å². The molecular formula is C24H35NO7. The molecule has 4 aliphatic rings. The van der Waals surface area contributed by atoms with Crippen LogP contribution in [0.15, 0.2) is 23.8 Å². The van der Waals surface area contributed by atoms with Crippen molar-refractivity contribution in [1.82, 2.24) is 5.32 Å². The fraction of sp³-hybridized carbons (Fsp3) is 0.750. The molecule has 3 heterocycles. The van der Waals surface area contributed by atoms with E-state index in [1.54, 1.807) is 6.08 Å². The van der Waals surface area contributed by atoms with E-state index >= 15 is 0 Å². The predicted octanol–water partition coefficient (Wildman–Crippen LogP) is 1.54. The molecule has 8 heteroatoms. The van der Waals surface area contributed by atoms with E-state index < -0.39 is 54.2 Å². The van der Waals surface area contributed by atoms with E-state index in [9.17, 15) is 19.8 Å². The van der Waals surface area contributed by atoms with Gasteiger partial charge in [-0.1, -0.05) is 57.3 Å². The predicted molar refractivity (Wildman–Crippen MR) is 116 cm³/mol. The number of ether oxygens (including phenoxy) is 3. The molecule has 1 saturated carbocycles. The molecule has 0 bridgehead atoms. The number of hydrogen-bond acceptors (Lipinski definition) is 7. The molecule has 3 aliphatic heterocycles. The van der Waals surface area contributed by atoms with Crippen LogP contribution < -0.4 is 5.32 Å². The highest BCUT2D eigenvalue weighted by Crippen LogP contribution is 2.61. The third-order valence-corrected chi connectivity index (χ3v) is 7.16. The maximum absolute atomic E-state index is 12.5. The van der Waals surface area contributed by atoms with E-state index in [0.29, 0.717) is 5.92 Å². The average molecular weight is 450 g/mol. The van der Waals surface area contributed by atoms with Crippen LogP contribution in [0.25, 0.3) is 0 Å². The number of aliphatic hydroxyl groups excluding tert-OH is 1. The fourth-order valence-electron chi connectivity index (χ4n) is 5.30. The summed E-state index contributed by atoms with van der Waals surface area (Å²) in [5, 5.41) is 22.8. The van der Waals surface area contributed by atoms with Gasteiger partial charge in [-0.3, -0.25) is 4.79 Å². The van der Waals surface area contributed by atoms with Gasteiger partial charge >= 0.3 is 5.97 Å². The van der Waals surface area contributed by atoms with Crippen molar-refractivity contribution < 1.29 is 34.0 Å². The largest absolute Gasteiger partial charge is 0.452 e. The van der Waals surface area contributed by atoms with Gasteiger partial charge in [-0.2, -0.15) is 0 Å². The van der Waals surface area contributed by atoms with E-state index in [1.165, 1.54) is 31.8 Å². The van der Waals surface area contributed by atoms with Crippen molar-refractivity contribution >= 4 is 11.9 Å². The minimum atomic E-state index is -1.46. The summed E-state index contributed by atoms with van der Waals surface area (Å²) in [6.07, 6.45) is 9.34. The van der Waals surface area contributed by atoms with Crippen LogP contribution in [0, 0.1) is 5.92 Å². The molecule has 4 fully saturated rings. The highest BCUT2D eigenvalue weighted by molar-refractivity contribution is 5.92. The molecule has 0 aromatic heterocycles. The molecule has 0 aromatic rings. The zero-order valence-corrected chi connectivity index (χ0v) is 19.1. The summed E-state index contributed by atoms with van der Waals surface area (Å²) >= 11 is 0. The minimum Gasteiger partial charge on any atom is -0.452 e. The van der Waals surface area contributed by atoms with Crippen molar-refractivity contribution in [3.8, 4) is 0 Å². The van der Waals surface area contributed by atoms with Gasteiger partial charge in [0.2, 0.25) is 5.91 Å². The van der Waals surface area contributed by atoms with Crippen LogP contribution in [0.1, 0.15) is 59.3 Å². The number of fused-ring (bicyclic) bond motifs is 4. The molecule has 2 unspecified atom stereocenters. The SMILES string of the molecule is CCCCCC[C@@H](C)/C=C(C)/C=C/C(=O)N[C@H]1CC2(OC1=O)[C@@H]1O[C@@H]1C(O)(CO)[C@@H]1O[C@@H]12. The molecule has 1 amide bonds. The van der Waals surface area contributed by atoms with Crippen LogP contribution in [-0.2, 0) is 23.8 Å². The summed E-state index contributed by atoms with van der Waals surface area (Å²) in [6, 6.07) is -0.802. The lowest BCUT2D eigenvalue weighted by Crippen LogP contribution is -2.58. The Morgan fingerprint density at radius 2 is 1.88 bits per heavy atom. The van der Waals surface area contributed by atoms with Crippen LogP contribution in [0.5, 0.6) is 0 Å². The van der Waals surface area contributed by atoms with Gasteiger partial charge < -0.3 is 29.7 Å². The Hall–Kier alpha value is -1.74. The van der Waals surface area contributed by atoms with Crippen molar-refractivity contribution in [2.45, 2.75) is 101 Å². The summed E-state index contributed by atoms with van der Waals surface area (Å²) in [5.41, 5.74) is -1.47. The summed E-state index contributed by atoms with van der Waals surface area (Å²) in [7, 11) is 0. The van der Waals surface area contributed by atoms with Crippen molar-refractivity contribution in [2.24, 2.45) is 5.92 Å². The number of carbonyl (C=O) groups is 2. The quantitative estimate of drug-likeness (QED) is 0.152. The van der Waals surface area contributed by atoms with Gasteiger partial charge in [0.1, 0.15) is 36.1 Å². The Labute approximate surface area is 189 Å². The Bertz CT molecular complexity index is 788. The molecule has 0 aromatic carbocycles. The van der Waals surface area contributed by atoms with Crippen molar-refractivity contribution in [1.29, 1.82) is 0 Å². The Balaban J connectivity index is 1.29. The molecule has 1 aliphatic carbocycles. The normalized spacial score (nSPS) is 40.7. The number of allylic oxidation sites excluding steroid dienone is 3. The molecule has 0 radical (unpaired) electrons. The first-order valence-corrected chi connectivity index (χ1v) is 11.8. The Kier molecular flexibility index (Phi) is 6.51. The molecule has 4 rings (SSSR count). The van der Waals surface area contributed by atoms with E-state index in [-0.39, 0.29) is 12.3 Å². The van der Waals surface area contributed by atoms with Crippen LogP contribution in [0.4, 0.5) is 0 Å². The maximum Gasteiger partial charge on any atom is 0.329 e. The number of unbranched alkanes of at least 4 members (excludes halogenated alkanes) is 3. The lowest BCUT2D eigenvalue weighted by Gasteiger charge is -2.32. The summed E-state index contributed by atoms with van der Waals surface area (Å²) in [4.78, 5) is 24.9. The molecule has 1 spiro atoms. The number of esters is 1. The molecular weight excluding hydrogens is 414 g/mol. The van der Waals surface area contributed by atoms with E-state index in [1.807, 2.05) is 6.92 Å². The monoisotopic (exact) mass is 449 g/mol. The second-order valence-corrected chi connectivity index (χ2v) is 9.82. The third-order valence-electron chi connectivity index (χ3n) is 7.16. The van der Waals surface area contributed by atoms with Crippen molar-refractivity contribution in [2.75, 3.05) is 6.61 Å². The fourth-order valence-corrected chi connectivity index (χ4v) is 5.30. The highest BCUT2D eigenvalue weighted by atomic mass is 16.7. The van der Waals surface area contributed by atoms with Gasteiger partial charge in [-0.15, -0.1) is 0 Å². The van der Waals surface area contributed by atoms with Gasteiger partial charge in [-0.05, 0) is 19.3 Å². The molecule has 8 atom stereocenters. The summed E-state index contributed by atoms with van der Waals surface area (Å²) in [6.45, 7) is 5.87. The van der Waals surface area contributed by atoms with Gasteiger partial charge in [-0.25, -0.2) is 4.79 Å². The summed E-state index contributed by atoms with van der Waals surface area (Å²) in [5.74, 6) is -0.444. The topological polar surface area (TPSA) is 121 Å². The summed E-state index contributed by atoms with van der Waals surface area (Å²) < 4.78 is 16.8. The number of nitrogens with one attached hydrogen (secondary N) is 1. The second-order valence-electron chi connectivity index (χ2n) is 9.82. The first kappa shape index (κ1) is 23.4. The number of hydrogen-bond donors (Lipinski definition) is 3. The number of aliphatic hydroxyl groups is 2. The van der Waals surface area contributed by atoms with Gasteiger partial charge in [0, 0.05) is 12.5 Å². The van der Waals surface area contributed by atoms with Gasteiger partial charge in [0.25, 0.3) is 0 Å². The number of epoxide rings is 2. The Morgan fingerprint density at radius 3 is 2.50 bits per heavy atom. The van der Waals surface area contributed by atoms with E-state index in [2.05, 4.69) is 25.2 Å². The van der Waals surface area contributed by atoms with E-state index in [4.69, 9.17) is 14.2 Å². The third kappa shape index (κ3) is 4.25. The molecule has 32 heavy (non-hydrogen) atoms. The molecule has 178 valence electrons. The highest BCUT2D eigenvalue weighted by Gasteiger charge is 2.84. The van der Waals surface area contributed by atoms with Crippen molar-refractivity contribution in [3.63, 3.8) is 0 Å². The minimum absolute atomic E-state index is 0.221. The van der Waals surface area contributed by atoms with Gasteiger partial charge in [0.05, 0.1) is 6.61 Å². The lowest BCUT2D eigenvalue weighted by molar-refractivity contribution is -0.154. The van der Waals surface area contributed by atoms with Crippen molar-refractivity contribution in [3.05, 3.63) is 23.8 Å². The van der Waals surface area contributed by atoms with Crippen LogP contribution >= 0.6 is 0 Å². The first-order chi connectivity index (χ1) is 15.2. The Morgan fingerprint density at radius 1 is 1.19 bits per heavy atom. The standard InChI is InChI=1S/C24H35NO7/c1-4-5-6-7-8-14(2)11-15(3)9-10-17(27)25-16-12-24(32-22(16)28)20-18(30-20)23(29,13-26)19-21(24)31-19/h9-11,14,16,18-21,26,29H,4-8,12-13H2,1-3H3,(H,25,27)/b10-9+,15-11+/t14-,16+,18-,19+,20+,21-,23?,24?/m1/s1. The number of rotatable bonds is 10. The molecule has 8 nitrogen and oxygen atoms in total.